The average molecular weight is 154 g/mol. The summed E-state index contributed by atoms with van der Waals surface area (Å²) in [5, 5.41) is 7.28. The summed E-state index contributed by atoms with van der Waals surface area (Å²) in [6.45, 7) is 6.14. The Morgan fingerprint density at radius 1 is 1.64 bits per heavy atom. The fourth-order valence-electron chi connectivity index (χ4n) is 0.892. The Morgan fingerprint density at radius 2 is 2.45 bits per heavy atom. The van der Waals surface area contributed by atoms with Gasteiger partial charge in [-0.2, -0.15) is 5.10 Å². The molecule has 1 aromatic heterocycles. The van der Waals surface area contributed by atoms with Gasteiger partial charge in [0.1, 0.15) is 12.7 Å². The first-order valence-electron chi connectivity index (χ1n) is 3.89. The van der Waals surface area contributed by atoms with Gasteiger partial charge in [0.15, 0.2) is 0 Å². The van der Waals surface area contributed by atoms with Crippen LogP contribution < -0.4 is 5.32 Å². The van der Waals surface area contributed by atoms with Gasteiger partial charge in [0.2, 0.25) is 0 Å². The number of nitrogens with zero attached hydrogens (tertiary/aromatic N) is 3. The molecule has 1 N–H and O–H groups in total. The first-order valence-corrected chi connectivity index (χ1v) is 3.89. The quantitative estimate of drug-likeness (QED) is 0.684. The molecule has 1 heterocycles. The van der Waals surface area contributed by atoms with E-state index in [0.29, 0.717) is 6.04 Å². The summed E-state index contributed by atoms with van der Waals surface area (Å²) in [5.41, 5.74) is 0. The van der Waals surface area contributed by atoms with Crippen LogP contribution in [-0.4, -0.2) is 27.9 Å². The molecule has 0 aliphatic carbocycles. The summed E-state index contributed by atoms with van der Waals surface area (Å²) in [6, 6.07) is 0.387. The molecule has 4 heteroatoms. The highest BCUT2D eigenvalue weighted by Crippen LogP contribution is 1.98. The van der Waals surface area contributed by atoms with Crippen LogP contribution in [0.5, 0.6) is 0 Å². The minimum Gasteiger partial charge on any atom is -0.315 e. The topological polar surface area (TPSA) is 42.7 Å². The van der Waals surface area contributed by atoms with E-state index in [1.807, 2.05) is 4.68 Å². The van der Waals surface area contributed by atoms with Crippen LogP contribution in [0.4, 0.5) is 0 Å². The van der Waals surface area contributed by atoms with E-state index < -0.39 is 0 Å². The molecule has 4 nitrogen and oxygen atoms in total. The number of hydrogen-bond donors (Lipinski definition) is 1. The molecule has 0 aromatic carbocycles. The minimum atomic E-state index is 0.387. The normalized spacial score (nSPS) is 13.3. The van der Waals surface area contributed by atoms with Gasteiger partial charge in [0, 0.05) is 6.54 Å². The number of likely N-dealkylation sites (N-methyl/N-ethyl adjacent to an activating group) is 1. The van der Waals surface area contributed by atoms with Crippen molar-refractivity contribution in [3.63, 3.8) is 0 Å². The van der Waals surface area contributed by atoms with E-state index in [2.05, 4.69) is 29.2 Å². The second-order valence-electron chi connectivity index (χ2n) is 2.53. The molecule has 11 heavy (non-hydrogen) atoms. The van der Waals surface area contributed by atoms with Crippen LogP contribution >= 0.6 is 0 Å². The maximum absolute atomic E-state index is 4.03. The molecule has 1 unspecified atom stereocenters. The Balaban J connectivity index is 2.36. The molecule has 0 aliphatic rings. The van der Waals surface area contributed by atoms with Crippen molar-refractivity contribution >= 4 is 0 Å². The Bertz CT molecular complexity index is 182. The summed E-state index contributed by atoms with van der Waals surface area (Å²) in [6.07, 6.45) is 3.30. The van der Waals surface area contributed by atoms with Crippen molar-refractivity contribution in [2.24, 2.45) is 0 Å². The van der Waals surface area contributed by atoms with Crippen LogP contribution in [0.15, 0.2) is 12.7 Å². The minimum absolute atomic E-state index is 0.387. The summed E-state index contributed by atoms with van der Waals surface area (Å²) < 4.78 is 1.85. The zero-order chi connectivity index (χ0) is 8.10. The molecule has 0 saturated heterocycles. The van der Waals surface area contributed by atoms with Gasteiger partial charge in [-0.3, -0.25) is 0 Å². The van der Waals surface area contributed by atoms with E-state index in [-0.39, 0.29) is 0 Å². The van der Waals surface area contributed by atoms with Gasteiger partial charge in [0.05, 0.1) is 6.04 Å². The van der Waals surface area contributed by atoms with Gasteiger partial charge in [-0.05, 0) is 13.5 Å². The van der Waals surface area contributed by atoms with E-state index in [9.17, 15) is 0 Å². The highest BCUT2D eigenvalue weighted by molar-refractivity contribution is 4.66. The standard InChI is InChI=1S/C7H14N4/c1-3-8-4-7(2)11-6-9-5-10-11/h5-8H,3-4H2,1-2H3. The summed E-state index contributed by atoms with van der Waals surface area (Å²) >= 11 is 0. The molecular weight excluding hydrogens is 140 g/mol. The molecule has 0 aliphatic heterocycles. The van der Waals surface area contributed by atoms with Crippen molar-refractivity contribution in [1.82, 2.24) is 20.1 Å². The Labute approximate surface area is 66.6 Å². The lowest BCUT2D eigenvalue weighted by Crippen LogP contribution is -2.23. The third kappa shape index (κ3) is 2.31. The lowest BCUT2D eigenvalue weighted by molar-refractivity contribution is 0.458. The second kappa shape index (κ2) is 4.08. The van der Waals surface area contributed by atoms with Gasteiger partial charge >= 0.3 is 0 Å². The third-order valence-electron chi connectivity index (χ3n) is 1.58. The molecule has 1 rings (SSSR count). The Kier molecular flexibility index (Phi) is 3.04. The molecule has 1 atom stereocenters. The Morgan fingerprint density at radius 3 is 3.00 bits per heavy atom. The van der Waals surface area contributed by atoms with Crippen molar-refractivity contribution in [1.29, 1.82) is 0 Å². The zero-order valence-electron chi connectivity index (χ0n) is 6.99. The summed E-state index contributed by atoms with van der Waals surface area (Å²) in [7, 11) is 0. The van der Waals surface area contributed by atoms with Gasteiger partial charge in [-0.1, -0.05) is 6.92 Å². The van der Waals surface area contributed by atoms with Gasteiger partial charge in [0.25, 0.3) is 0 Å². The van der Waals surface area contributed by atoms with E-state index in [4.69, 9.17) is 0 Å². The predicted octanol–water partition coefficient (Wildman–Crippen LogP) is 0.449. The zero-order valence-corrected chi connectivity index (χ0v) is 6.99. The second-order valence-corrected chi connectivity index (χ2v) is 2.53. The summed E-state index contributed by atoms with van der Waals surface area (Å²) in [5.74, 6) is 0. The van der Waals surface area contributed by atoms with Crippen LogP contribution in [-0.2, 0) is 0 Å². The monoisotopic (exact) mass is 154 g/mol. The third-order valence-corrected chi connectivity index (χ3v) is 1.58. The Hall–Kier alpha value is -0.900. The number of hydrogen-bond acceptors (Lipinski definition) is 3. The van der Waals surface area contributed by atoms with E-state index in [1.54, 1.807) is 12.7 Å². The largest absolute Gasteiger partial charge is 0.315 e. The van der Waals surface area contributed by atoms with Gasteiger partial charge < -0.3 is 5.32 Å². The van der Waals surface area contributed by atoms with Crippen molar-refractivity contribution in [3.8, 4) is 0 Å². The van der Waals surface area contributed by atoms with Crippen molar-refractivity contribution < 1.29 is 0 Å². The molecule has 1 aromatic rings. The van der Waals surface area contributed by atoms with Crippen LogP contribution in [0, 0.1) is 0 Å². The van der Waals surface area contributed by atoms with Gasteiger partial charge in [-0.15, -0.1) is 0 Å². The summed E-state index contributed by atoms with van der Waals surface area (Å²) in [4.78, 5) is 3.88. The van der Waals surface area contributed by atoms with Crippen molar-refractivity contribution in [2.45, 2.75) is 19.9 Å². The molecule has 0 radical (unpaired) electrons. The maximum atomic E-state index is 4.03. The van der Waals surface area contributed by atoms with Crippen LogP contribution in [0.2, 0.25) is 0 Å². The van der Waals surface area contributed by atoms with E-state index in [1.165, 1.54) is 0 Å². The maximum Gasteiger partial charge on any atom is 0.137 e. The van der Waals surface area contributed by atoms with Crippen molar-refractivity contribution in [3.05, 3.63) is 12.7 Å². The smallest absolute Gasteiger partial charge is 0.137 e. The van der Waals surface area contributed by atoms with Crippen LogP contribution in [0.25, 0.3) is 0 Å². The molecule has 0 spiro atoms. The predicted molar refractivity (Wildman–Crippen MR) is 43.3 cm³/mol. The first-order chi connectivity index (χ1) is 5.34. The number of nitrogens with one attached hydrogen (secondary N) is 1. The average Bonchev–Trinajstić information content (AvgIpc) is 2.52. The fourth-order valence-corrected chi connectivity index (χ4v) is 0.892. The SMILES string of the molecule is CCNCC(C)n1cncn1. The number of aromatic nitrogens is 3. The number of rotatable bonds is 4. The van der Waals surface area contributed by atoms with Crippen LogP contribution in [0.1, 0.15) is 19.9 Å². The van der Waals surface area contributed by atoms with E-state index in [0.717, 1.165) is 13.1 Å². The first kappa shape index (κ1) is 8.20. The van der Waals surface area contributed by atoms with Gasteiger partial charge in [-0.25, -0.2) is 9.67 Å². The van der Waals surface area contributed by atoms with Crippen LogP contribution in [0.3, 0.4) is 0 Å². The van der Waals surface area contributed by atoms with E-state index >= 15 is 0 Å². The molecule has 0 saturated carbocycles. The molecule has 0 bridgehead atoms. The molecule has 0 amide bonds. The molecular formula is C7H14N4. The lowest BCUT2D eigenvalue weighted by Gasteiger charge is -2.10. The van der Waals surface area contributed by atoms with Crippen molar-refractivity contribution in [2.75, 3.05) is 13.1 Å². The molecule has 0 fully saturated rings. The highest BCUT2D eigenvalue weighted by Gasteiger charge is 2.01. The highest BCUT2D eigenvalue weighted by atomic mass is 15.3. The fraction of sp³-hybridized carbons (Fsp3) is 0.714. The molecule has 62 valence electrons. The lowest BCUT2D eigenvalue weighted by atomic mass is 10.3.